The van der Waals surface area contributed by atoms with Gasteiger partial charge in [0, 0.05) is 4.47 Å². The highest BCUT2D eigenvalue weighted by Gasteiger charge is 2.22. The molecule has 104 valence electrons. The van der Waals surface area contributed by atoms with Gasteiger partial charge in [0.1, 0.15) is 11.6 Å². The molecule has 0 saturated heterocycles. The first-order valence-corrected chi connectivity index (χ1v) is 6.69. The zero-order valence-electron chi connectivity index (χ0n) is 10.3. The monoisotopic (exact) mass is 340 g/mol. The molecule has 2 aromatic rings. The lowest BCUT2D eigenvalue weighted by atomic mass is 9.92. The molecule has 2 nitrogen and oxygen atoms in total. The molecule has 20 heavy (non-hydrogen) atoms. The lowest BCUT2D eigenvalue weighted by molar-refractivity contribution is -0.138. The minimum absolute atomic E-state index is 0.0531. The Bertz CT molecular complexity index is 644. The number of carbonyl (C=O) groups is 1. The number of benzene rings is 2. The van der Waals surface area contributed by atoms with Crippen LogP contribution in [0, 0.1) is 11.6 Å². The summed E-state index contributed by atoms with van der Waals surface area (Å²) in [7, 11) is 0. The van der Waals surface area contributed by atoms with Gasteiger partial charge >= 0.3 is 5.97 Å². The first-order valence-electron chi connectivity index (χ1n) is 5.89. The number of halogens is 3. The van der Waals surface area contributed by atoms with Gasteiger partial charge in [0.25, 0.3) is 0 Å². The Morgan fingerprint density at radius 2 is 1.95 bits per heavy atom. The quantitative estimate of drug-likeness (QED) is 0.908. The van der Waals surface area contributed by atoms with Crippen molar-refractivity contribution in [3.63, 3.8) is 0 Å². The normalized spacial score (nSPS) is 12.2. The maximum absolute atomic E-state index is 13.6. The topological polar surface area (TPSA) is 37.3 Å². The Labute approximate surface area is 123 Å². The summed E-state index contributed by atoms with van der Waals surface area (Å²) >= 11 is 3.26. The molecule has 0 radical (unpaired) electrons. The predicted molar refractivity (Wildman–Crippen MR) is 74.6 cm³/mol. The van der Waals surface area contributed by atoms with Gasteiger partial charge in [-0.1, -0.05) is 28.1 Å². The van der Waals surface area contributed by atoms with Gasteiger partial charge in [-0.2, -0.15) is 0 Å². The molecule has 0 aliphatic rings. The van der Waals surface area contributed by atoms with Gasteiger partial charge in [-0.3, -0.25) is 4.79 Å². The number of hydrogen-bond donors (Lipinski definition) is 1. The van der Waals surface area contributed by atoms with Crippen molar-refractivity contribution in [2.75, 3.05) is 0 Å². The first kappa shape index (κ1) is 14.7. The van der Waals surface area contributed by atoms with E-state index in [1.165, 1.54) is 0 Å². The summed E-state index contributed by atoms with van der Waals surface area (Å²) < 4.78 is 27.5. The molecular weight excluding hydrogens is 330 g/mol. The number of aliphatic carboxylic acids is 1. The van der Waals surface area contributed by atoms with Gasteiger partial charge in [-0.05, 0) is 47.9 Å². The maximum atomic E-state index is 13.6. The van der Waals surface area contributed by atoms with E-state index >= 15 is 0 Å². The van der Waals surface area contributed by atoms with Crippen LogP contribution in [0.4, 0.5) is 8.78 Å². The molecular formula is C15H11BrF2O2. The van der Waals surface area contributed by atoms with Crippen LogP contribution >= 0.6 is 15.9 Å². The third kappa shape index (κ3) is 3.42. The van der Waals surface area contributed by atoms with Gasteiger partial charge in [-0.25, -0.2) is 8.78 Å². The Morgan fingerprint density at radius 3 is 2.60 bits per heavy atom. The zero-order valence-corrected chi connectivity index (χ0v) is 11.9. The highest BCUT2D eigenvalue weighted by molar-refractivity contribution is 9.10. The van der Waals surface area contributed by atoms with Crippen molar-refractivity contribution in [1.29, 1.82) is 0 Å². The van der Waals surface area contributed by atoms with E-state index in [1.54, 1.807) is 24.3 Å². The fourth-order valence-electron chi connectivity index (χ4n) is 1.99. The van der Waals surface area contributed by atoms with Crippen molar-refractivity contribution in [1.82, 2.24) is 0 Å². The van der Waals surface area contributed by atoms with E-state index in [9.17, 15) is 18.7 Å². The largest absolute Gasteiger partial charge is 0.481 e. The van der Waals surface area contributed by atoms with Gasteiger partial charge in [0.2, 0.25) is 0 Å². The lowest BCUT2D eigenvalue weighted by Gasteiger charge is -2.14. The van der Waals surface area contributed by atoms with Crippen LogP contribution in [-0.4, -0.2) is 11.1 Å². The van der Waals surface area contributed by atoms with Crippen LogP contribution in [0.2, 0.25) is 0 Å². The summed E-state index contributed by atoms with van der Waals surface area (Å²) in [5.41, 5.74) is 0.591. The van der Waals surface area contributed by atoms with E-state index in [4.69, 9.17) is 0 Å². The van der Waals surface area contributed by atoms with Crippen LogP contribution in [0.25, 0.3) is 0 Å². The highest BCUT2D eigenvalue weighted by Crippen LogP contribution is 2.25. The van der Waals surface area contributed by atoms with Crippen LogP contribution in [0.15, 0.2) is 46.9 Å². The minimum atomic E-state index is -1.08. The predicted octanol–water partition coefficient (Wildman–Crippen LogP) is 4.14. The van der Waals surface area contributed by atoms with Crippen LogP contribution in [0.1, 0.15) is 17.0 Å². The summed E-state index contributed by atoms with van der Waals surface area (Å²) in [5, 5.41) is 9.31. The molecule has 0 bridgehead atoms. The summed E-state index contributed by atoms with van der Waals surface area (Å²) in [6.07, 6.45) is -0.102. The Kier molecular flexibility index (Phi) is 4.49. The molecule has 0 saturated carbocycles. The molecule has 5 heteroatoms. The molecule has 0 spiro atoms. The van der Waals surface area contributed by atoms with Crippen LogP contribution in [-0.2, 0) is 11.2 Å². The second kappa shape index (κ2) is 6.13. The smallest absolute Gasteiger partial charge is 0.311 e. The van der Waals surface area contributed by atoms with Gasteiger partial charge in [0.05, 0.1) is 5.92 Å². The van der Waals surface area contributed by atoms with E-state index in [0.717, 1.165) is 22.7 Å². The fraction of sp³-hybridized carbons (Fsp3) is 0.133. The summed E-state index contributed by atoms with van der Waals surface area (Å²) in [4.78, 5) is 11.4. The number of carboxylic acids is 1. The van der Waals surface area contributed by atoms with E-state index in [2.05, 4.69) is 15.9 Å². The second-order valence-corrected chi connectivity index (χ2v) is 5.30. The van der Waals surface area contributed by atoms with Crippen LogP contribution in [0.5, 0.6) is 0 Å². The zero-order chi connectivity index (χ0) is 14.7. The van der Waals surface area contributed by atoms with Gasteiger partial charge in [0.15, 0.2) is 0 Å². The van der Waals surface area contributed by atoms with E-state index < -0.39 is 23.5 Å². The van der Waals surface area contributed by atoms with Crippen molar-refractivity contribution in [2.45, 2.75) is 12.3 Å². The van der Waals surface area contributed by atoms with Crippen molar-refractivity contribution in [3.05, 3.63) is 69.7 Å². The molecule has 0 aliphatic heterocycles. The second-order valence-electron chi connectivity index (χ2n) is 4.39. The average Bonchev–Trinajstić information content (AvgIpc) is 2.39. The molecule has 2 rings (SSSR count). The third-order valence-electron chi connectivity index (χ3n) is 2.98. The van der Waals surface area contributed by atoms with Crippen molar-refractivity contribution >= 4 is 21.9 Å². The van der Waals surface area contributed by atoms with E-state index in [-0.39, 0.29) is 12.0 Å². The van der Waals surface area contributed by atoms with E-state index in [1.807, 2.05) is 0 Å². The van der Waals surface area contributed by atoms with Gasteiger partial charge in [-0.15, -0.1) is 0 Å². The average molecular weight is 341 g/mol. The standard InChI is InChI=1S/C15H11BrF2O2/c16-11-3-1-2-9(6-11)13(15(19)20)8-10-7-12(17)4-5-14(10)18/h1-7,13H,8H2,(H,19,20). The molecule has 1 unspecified atom stereocenters. The molecule has 0 fully saturated rings. The first-order chi connectivity index (χ1) is 9.47. The molecule has 0 heterocycles. The number of hydrogen-bond acceptors (Lipinski definition) is 1. The molecule has 1 atom stereocenters. The minimum Gasteiger partial charge on any atom is -0.481 e. The number of rotatable bonds is 4. The Morgan fingerprint density at radius 1 is 1.20 bits per heavy atom. The Hall–Kier alpha value is -1.75. The third-order valence-corrected chi connectivity index (χ3v) is 3.47. The molecule has 0 aliphatic carbocycles. The maximum Gasteiger partial charge on any atom is 0.311 e. The Balaban J connectivity index is 2.35. The van der Waals surface area contributed by atoms with Gasteiger partial charge < -0.3 is 5.11 Å². The molecule has 0 aromatic heterocycles. The number of carboxylic acid groups (broad SMARTS) is 1. The van der Waals surface area contributed by atoms with Crippen LogP contribution < -0.4 is 0 Å². The van der Waals surface area contributed by atoms with E-state index in [0.29, 0.717) is 5.56 Å². The SMILES string of the molecule is O=C(O)C(Cc1cc(F)ccc1F)c1cccc(Br)c1. The van der Waals surface area contributed by atoms with Crippen molar-refractivity contribution in [2.24, 2.45) is 0 Å². The molecule has 2 aromatic carbocycles. The summed E-state index contributed by atoms with van der Waals surface area (Å²) in [5.74, 6) is -3.19. The lowest BCUT2D eigenvalue weighted by Crippen LogP contribution is -2.15. The molecule has 0 amide bonds. The van der Waals surface area contributed by atoms with Crippen LogP contribution in [0.3, 0.4) is 0 Å². The van der Waals surface area contributed by atoms with Crippen molar-refractivity contribution in [3.8, 4) is 0 Å². The van der Waals surface area contributed by atoms with Crippen molar-refractivity contribution < 1.29 is 18.7 Å². The summed E-state index contributed by atoms with van der Waals surface area (Å²) in [6.45, 7) is 0. The summed E-state index contributed by atoms with van der Waals surface area (Å²) in [6, 6.07) is 9.83. The highest BCUT2D eigenvalue weighted by atomic mass is 79.9. The fourth-order valence-corrected chi connectivity index (χ4v) is 2.41. The molecule has 1 N–H and O–H groups in total.